The lowest BCUT2D eigenvalue weighted by atomic mass is 9.66. The Labute approximate surface area is 291 Å². The molecule has 0 saturated carbocycles. The van der Waals surface area contributed by atoms with Crippen LogP contribution in [-0.4, -0.2) is 81.1 Å². The van der Waals surface area contributed by atoms with Gasteiger partial charge >= 0.3 is 12.1 Å². The van der Waals surface area contributed by atoms with E-state index in [1.807, 2.05) is 30.3 Å². The van der Waals surface area contributed by atoms with Gasteiger partial charge in [0.2, 0.25) is 12.5 Å². The van der Waals surface area contributed by atoms with Crippen molar-refractivity contribution in [1.29, 1.82) is 0 Å². The molecule has 0 radical (unpaired) electrons. The summed E-state index contributed by atoms with van der Waals surface area (Å²) in [5.74, 6) is -1.22. The Morgan fingerprint density at radius 3 is 2.39 bits per heavy atom. The Balaban J connectivity index is 1.25. The Kier molecular flexibility index (Phi) is 9.75. The number of ether oxygens (including phenoxy) is 9. The van der Waals surface area contributed by atoms with E-state index in [1.54, 1.807) is 24.3 Å². The number of hydrogen-bond acceptors (Lipinski definition) is 14. The molecule has 2 N–H and O–H groups in total. The van der Waals surface area contributed by atoms with E-state index in [2.05, 4.69) is 10.0 Å². The number of rotatable bonds is 10. The first-order valence-corrected chi connectivity index (χ1v) is 16.2. The fourth-order valence-electron chi connectivity index (χ4n) is 7.20. The standard InChI is InChI=1S/C35H35N3O13/c1-43-25-8-18(9-26(44-2)33(25)51-35(42)46-14-17-6-4-3-5-7-17)29-19-10-23-24(48-16-47-23)11-20(19)32(21-15-45-34(41)30(21)29)50-28-12-22(37-38-36)31(40)27(13-39)49-28/h3-11,21-22,27-32,39-40H,12-16H2,1-2H3/t21-,22-,27+,28-,29+,30-,31-,32+/m0/s1. The molecule has 0 bridgehead atoms. The quantitative estimate of drug-likeness (QED) is 0.0994. The molecule has 8 atom stereocenters. The number of cyclic esters (lactones) is 1. The molecule has 16 heteroatoms. The third-order valence-corrected chi connectivity index (χ3v) is 9.56. The maximum Gasteiger partial charge on any atom is 0.514 e. The molecule has 0 amide bonds. The van der Waals surface area contributed by atoms with Gasteiger partial charge in [-0.3, -0.25) is 4.79 Å². The molecule has 3 heterocycles. The van der Waals surface area contributed by atoms with Gasteiger partial charge in [0.05, 0.1) is 51.6 Å². The lowest BCUT2D eigenvalue weighted by Crippen LogP contribution is -2.50. The number of carbonyl (C=O) groups excluding carboxylic acids is 2. The van der Waals surface area contributed by atoms with Crippen molar-refractivity contribution in [3.8, 4) is 28.7 Å². The summed E-state index contributed by atoms with van der Waals surface area (Å²) in [6.45, 7) is -0.541. The van der Waals surface area contributed by atoms with E-state index in [0.29, 0.717) is 28.2 Å². The summed E-state index contributed by atoms with van der Waals surface area (Å²) >= 11 is 0. The molecule has 268 valence electrons. The van der Waals surface area contributed by atoms with Gasteiger partial charge in [0.15, 0.2) is 29.3 Å². The molecule has 7 rings (SSSR count). The molecule has 2 fully saturated rings. The van der Waals surface area contributed by atoms with Crippen molar-refractivity contribution in [2.75, 3.05) is 34.2 Å². The fourth-order valence-corrected chi connectivity index (χ4v) is 7.20. The highest BCUT2D eigenvalue weighted by Gasteiger charge is 2.54. The maximum atomic E-state index is 13.6. The third kappa shape index (κ3) is 6.55. The Hall–Kier alpha value is -5.25. The van der Waals surface area contributed by atoms with Crippen LogP contribution in [0.4, 0.5) is 4.79 Å². The Bertz CT molecular complexity index is 1810. The van der Waals surface area contributed by atoms with Crippen LogP contribution in [0.2, 0.25) is 0 Å². The second kappa shape index (κ2) is 14.5. The van der Waals surface area contributed by atoms with Gasteiger partial charge < -0.3 is 52.8 Å². The number of azide groups is 1. The van der Waals surface area contributed by atoms with E-state index in [4.69, 9.17) is 48.2 Å². The van der Waals surface area contributed by atoms with E-state index >= 15 is 0 Å². The first-order valence-electron chi connectivity index (χ1n) is 16.2. The van der Waals surface area contributed by atoms with Crippen molar-refractivity contribution in [1.82, 2.24) is 0 Å². The van der Waals surface area contributed by atoms with Crippen LogP contribution >= 0.6 is 0 Å². The highest BCUT2D eigenvalue weighted by Crippen LogP contribution is 2.57. The van der Waals surface area contributed by atoms with Gasteiger partial charge in [-0.2, -0.15) is 0 Å². The molecule has 3 aliphatic heterocycles. The minimum Gasteiger partial charge on any atom is -0.493 e. The number of hydrogen-bond donors (Lipinski definition) is 2. The molecule has 2 saturated heterocycles. The van der Waals surface area contributed by atoms with Gasteiger partial charge in [0.1, 0.15) is 12.7 Å². The predicted molar refractivity (Wildman–Crippen MR) is 172 cm³/mol. The number of methoxy groups -OCH3 is 2. The van der Waals surface area contributed by atoms with Gasteiger partial charge in [0, 0.05) is 23.2 Å². The average molecular weight is 706 g/mol. The maximum absolute atomic E-state index is 13.6. The number of benzene rings is 3. The Morgan fingerprint density at radius 1 is 1.02 bits per heavy atom. The van der Waals surface area contributed by atoms with Gasteiger partial charge in [0.25, 0.3) is 0 Å². The summed E-state index contributed by atoms with van der Waals surface area (Å²) in [5, 5.41) is 24.1. The monoisotopic (exact) mass is 705 g/mol. The van der Waals surface area contributed by atoms with Crippen LogP contribution in [0.1, 0.15) is 40.7 Å². The van der Waals surface area contributed by atoms with E-state index < -0.39 is 67.1 Å². The number of aliphatic hydroxyl groups excluding tert-OH is 2. The summed E-state index contributed by atoms with van der Waals surface area (Å²) in [6.07, 6.45) is -5.09. The lowest BCUT2D eigenvalue weighted by Gasteiger charge is -2.43. The highest BCUT2D eigenvalue weighted by atomic mass is 16.7. The number of esters is 1. The summed E-state index contributed by atoms with van der Waals surface area (Å²) in [4.78, 5) is 29.2. The minimum atomic E-state index is -1.24. The van der Waals surface area contributed by atoms with E-state index in [1.165, 1.54) is 14.2 Å². The van der Waals surface area contributed by atoms with E-state index in [-0.39, 0.29) is 43.7 Å². The molecular formula is C35H35N3O13. The van der Waals surface area contributed by atoms with Crippen molar-refractivity contribution >= 4 is 12.1 Å². The molecule has 16 nitrogen and oxygen atoms in total. The second-order valence-corrected chi connectivity index (χ2v) is 12.4. The zero-order valence-electron chi connectivity index (χ0n) is 27.6. The van der Waals surface area contributed by atoms with Crippen molar-refractivity contribution in [3.63, 3.8) is 0 Å². The SMILES string of the molecule is COc1cc([C@@H]2c3cc4c(cc3[C@@H](O[C@H]3C[C@H](N=[N+]=[N-])[C@H](O)[C@@H](CO)O3)[C@H]3COC(=O)[C@H]23)OCO4)cc(OC)c1OC(=O)OCc1ccccc1. The van der Waals surface area contributed by atoms with Crippen LogP contribution in [0.15, 0.2) is 59.7 Å². The van der Waals surface area contributed by atoms with Gasteiger partial charge in [-0.25, -0.2) is 4.79 Å². The van der Waals surface area contributed by atoms with Crippen molar-refractivity contribution < 1.29 is 62.4 Å². The first-order chi connectivity index (χ1) is 24.8. The lowest BCUT2D eigenvalue weighted by molar-refractivity contribution is -0.259. The van der Waals surface area contributed by atoms with Crippen LogP contribution in [0.5, 0.6) is 28.7 Å². The summed E-state index contributed by atoms with van der Waals surface area (Å²) in [6, 6.07) is 15.1. The van der Waals surface area contributed by atoms with Crippen molar-refractivity contribution in [2.45, 2.75) is 49.6 Å². The Morgan fingerprint density at radius 2 is 1.73 bits per heavy atom. The van der Waals surface area contributed by atoms with Crippen LogP contribution in [0.3, 0.4) is 0 Å². The predicted octanol–water partition coefficient (Wildman–Crippen LogP) is 4.29. The molecule has 0 unspecified atom stereocenters. The van der Waals surface area contributed by atoms with Gasteiger partial charge in [-0.05, 0) is 52.1 Å². The molecule has 0 aromatic heterocycles. The van der Waals surface area contributed by atoms with Crippen LogP contribution in [-0.2, 0) is 30.3 Å². The molecule has 3 aromatic rings. The smallest absolute Gasteiger partial charge is 0.493 e. The molecule has 4 aliphatic rings. The number of fused-ring (bicyclic) bond motifs is 3. The number of nitrogens with zero attached hydrogens (tertiary/aromatic N) is 3. The minimum absolute atomic E-state index is 0.00261. The average Bonchev–Trinajstić information content (AvgIpc) is 3.77. The molecule has 51 heavy (non-hydrogen) atoms. The van der Waals surface area contributed by atoms with Crippen LogP contribution in [0, 0.1) is 11.8 Å². The summed E-state index contributed by atoms with van der Waals surface area (Å²) in [5.41, 5.74) is 11.8. The normalized spacial score (nSPS) is 27.3. The largest absolute Gasteiger partial charge is 0.514 e. The first kappa shape index (κ1) is 34.2. The fraction of sp³-hybridized carbons (Fsp3) is 0.429. The topological polar surface area (TPSA) is 206 Å². The summed E-state index contributed by atoms with van der Waals surface area (Å²) < 4.78 is 51.8. The summed E-state index contributed by atoms with van der Waals surface area (Å²) in [7, 11) is 2.82. The number of carbonyl (C=O) groups is 2. The van der Waals surface area contributed by atoms with E-state index in [0.717, 1.165) is 5.56 Å². The third-order valence-electron chi connectivity index (χ3n) is 9.56. The van der Waals surface area contributed by atoms with Crippen LogP contribution in [0.25, 0.3) is 10.4 Å². The molecule has 1 aliphatic carbocycles. The van der Waals surface area contributed by atoms with E-state index in [9.17, 15) is 19.8 Å². The molecule has 3 aromatic carbocycles. The highest BCUT2D eigenvalue weighted by molar-refractivity contribution is 5.79. The van der Waals surface area contributed by atoms with Crippen LogP contribution < -0.4 is 23.7 Å². The number of aliphatic hydroxyl groups is 2. The second-order valence-electron chi connectivity index (χ2n) is 12.4. The molecule has 0 spiro atoms. The zero-order valence-corrected chi connectivity index (χ0v) is 27.6. The zero-order chi connectivity index (χ0) is 35.6. The molecular weight excluding hydrogens is 670 g/mol. The van der Waals surface area contributed by atoms with Crippen molar-refractivity contribution in [2.24, 2.45) is 17.0 Å². The van der Waals surface area contributed by atoms with Gasteiger partial charge in [-0.15, -0.1) is 0 Å². The van der Waals surface area contributed by atoms with Crippen molar-refractivity contribution in [3.05, 3.63) is 87.3 Å². The van der Waals surface area contributed by atoms with Gasteiger partial charge in [-0.1, -0.05) is 35.4 Å².